The predicted octanol–water partition coefficient (Wildman–Crippen LogP) is 3.42. The molecule has 2 rings (SSSR count). The fourth-order valence-corrected chi connectivity index (χ4v) is 3.27. The zero-order chi connectivity index (χ0) is 13.3. The predicted molar refractivity (Wildman–Crippen MR) is 82.7 cm³/mol. The molecule has 1 heterocycles. The second kappa shape index (κ2) is 5.62. The van der Waals surface area contributed by atoms with Crippen molar-refractivity contribution in [1.29, 1.82) is 0 Å². The van der Waals surface area contributed by atoms with Crippen LogP contribution in [0.4, 0.5) is 5.69 Å². The van der Waals surface area contributed by atoms with Gasteiger partial charge in [-0.15, -0.1) is 0 Å². The van der Waals surface area contributed by atoms with Crippen molar-refractivity contribution in [3.63, 3.8) is 0 Å². The van der Waals surface area contributed by atoms with Gasteiger partial charge in [-0.3, -0.25) is 4.90 Å². The number of halogens is 1. The molecule has 0 bridgehead atoms. The lowest BCUT2D eigenvalue weighted by atomic mass is 10.1. The highest BCUT2D eigenvalue weighted by Crippen LogP contribution is 2.24. The molecule has 0 radical (unpaired) electrons. The fourth-order valence-electron chi connectivity index (χ4n) is 2.64. The molecular formula is C15H23BrN2. The SMILES string of the molecule is Cc1cc(N2CC(C)N(C)C(C)C2)ccc1CBr. The van der Waals surface area contributed by atoms with Gasteiger partial charge in [0.1, 0.15) is 0 Å². The van der Waals surface area contributed by atoms with E-state index in [1.807, 2.05) is 0 Å². The maximum atomic E-state index is 3.54. The van der Waals surface area contributed by atoms with Gasteiger partial charge in [0.15, 0.2) is 0 Å². The highest BCUT2D eigenvalue weighted by atomic mass is 79.9. The van der Waals surface area contributed by atoms with E-state index >= 15 is 0 Å². The summed E-state index contributed by atoms with van der Waals surface area (Å²) >= 11 is 3.54. The van der Waals surface area contributed by atoms with Crippen LogP contribution < -0.4 is 4.90 Å². The van der Waals surface area contributed by atoms with Gasteiger partial charge in [-0.05, 0) is 51.1 Å². The van der Waals surface area contributed by atoms with Gasteiger partial charge in [0.05, 0.1) is 0 Å². The summed E-state index contributed by atoms with van der Waals surface area (Å²) in [4.78, 5) is 4.98. The van der Waals surface area contributed by atoms with E-state index in [0.29, 0.717) is 12.1 Å². The van der Waals surface area contributed by atoms with Gasteiger partial charge in [-0.25, -0.2) is 0 Å². The summed E-state index contributed by atoms with van der Waals surface area (Å²) in [5, 5.41) is 0.939. The van der Waals surface area contributed by atoms with Crippen LogP contribution in [0, 0.1) is 6.92 Å². The third-order valence-corrected chi connectivity index (χ3v) is 4.80. The molecule has 100 valence electrons. The Balaban J connectivity index is 2.19. The summed E-state index contributed by atoms with van der Waals surface area (Å²) in [6, 6.07) is 8.05. The Morgan fingerprint density at radius 3 is 2.33 bits per heavy atom. The van der Waals surface area contributed by atoms with Crippen LogP contribution in [-0.4, -0.2) is 37.1 Å². The molecule has 1 aliphatic rings. The van der Waals surface area contributed by atoms with Gasteiger partial charge in [0.2, 0.25) is 0 Å². The average molecular weight is 311 g/mol. The van der Waals surface area contributed by atoms with E-state index in [1.165, 1.54) is 16.8 Å². The lowest BCUT2D eigenvalue weighted by Gasteiger charge is -2.43. The molecule has 1 aromatic rings. The van der Waals surface area contributed by atoms with Crippen LogP contribution in [-0.2, 0) is 5.33 Å². The molecular weight excluding hydrogens is 288 g/mol. The Bertz CT molecular complexity index is 407. The van der Waals surface area contributed by atoms with Gasteiger partial charge in [0, 0.05) is 36.2 Å². The molecule has 0 aliphatic carbocycles. The van der Waals surface area contributed by atoms with E-state index in [9.17, 15) is 0 Å². The zero-order valence-corrected chi connectivity index (χ0v) is 13.4. The van der Waals surface area contributed by atoms with Crippen LogP contribution in [0.2, 0.25) is 0 Å². The minimum absolute atomic E-state index is 0.616. The first-order valence-corrected chi connectivity index (χ1v) is 7.77. The number of hydrogen-bond acceptors (Lipinski definition) is 2. The van der Waals surface area contributed by atoms with Gasteiger partial charge < -0.3 is 4.90 Å². The minimum Gasteiger partial charge on any atom is -0.368 e. The highest BCUT2D eigenvalue weighted by Gasteiger charge is 2.26. The largest absolute Gasteiger partial charge is 0.368 e. The summed E-state index contributed by atoms with van der Waals surface area (Å²) in [6.07, 6.45) is 0. The highest BCUT2D eigenvalue weighted by molar-refractivity contribution is 9.08. The van der Waals surface area contributed by atoms with E-state index in [4.69, 9.17) is 0 Å². The monoisotopic (exact) mass is 310 g/mol. The lowest BCUT2D eigenvalue weighted by molar-refractivity contribution is 0.170. The number of anilines is 1. The molecule has 0 amide bonds. The second-order valence-corrected chi connectivity index (χ2v) is 6.07. The van der Waals surface area contributed by atoms with Crippen molar-refractivity contribution in [2.75, 3.05) is 25.0 Å². The maximum Gasteiger partial charge on any atom is 0.0370 e. The Hall–Kier alpha value is -0.540. The Labute approximate surface area is 119 Å². The standard InChI is InChI=1S/C15H23BrN2/c1-11-7-15(6-5-14(11)8-16)18-9-12(2)17(4)13(3)10-18/h5-7,12-13H,8-10H2,1-4H3. The third kappa shape index (κ3) is 2.72. The zero-order valence-electron chi connectivity index (χ0n) is 11.8. The van der Waals surface area contributed by atoms with Crippen molar-refractivity contribution in [1.82, 2.24) is 4.90 Å². The molecule has 0 saturated carbocycles. The van der Waals surface area contributed by atoms with Crippen molar-refractivity contribution in [3.8, 4) is 0 Å². The van der Waals surface area contributed by atoms with E-state index in [2.05, 4.69) is 71.7 Å². The number of aryl methyl sites for hydroxylation is 1. The van der Waals surface area contributed by atoms with Crippen LogP contribution >= 0.6 is 15.9 Å². The summed E-state index contributed by atoms with van der Waals surface area (Å²) in [6.45, 7) is 9.05. The fraction of sp³-hybridized carbons (Fsp3) is 0.600. The Morgan fingerprint density at radius 1 is 1.22 bits per heavy atom. The topological polar surface area (TPSA) is 6.48 Å². The second-order valence-electron chi connectivity index (χ2n) is 5.51. The molecule has 0 spiro atoms. The summed E-state index contributed by atoms with van der Waals surface area (Å²) < 4.78 is 0. The quantitative estimate of drug-likeness (QED) is 0.772. The molecule has 1 saturated heterocycles. The Morgan fingerprint density at radius 2 is 1.83 bits per heavy atom. The molecule has 1 aliphatic heterocycles. The van der Waals surface area contributed by atoms with Crippen LogP contribution in [0.1, 0.15) is 25.0 Å². The van der Waals surface area contributed by atoms with E-state index in [1.54, 1.807) is 0 Å². The van der Waals surface area contributed by atoms with Crippen molar-refractivity contribution in [2.45, 2.75) is 38.2 Å². The van der Waals surface area contributed by atoms with Gasteiger partial charge in [0.25, 0.3) is 0 Å². The minimum atomic E-state index is 0.616. The lowest BCUT2D eigenvalue weighted by Crippen LogP contribution is -2.55. The molecule has 3 heteroatoms. The number of rotatable bonds is 2. The number of benzene rings is 1. The normalized spacial score (nSPS) is 25.5. The van der Waals surface area contributed by atoms with Gasteiger partial charge in [-0.2, -0.15) is 0 Å². The number of nitrogens with zero attached hydrogens (tertiary/aromatic N) is 2. The first-order chi connectivity index (χ1) is 8.52. The summed E-state index contributed by atoms with van der Waals surface area (Å²) in [7, 11) is 2.23. The molecule has 0 aromatic heterocycles. The van der Waals surface area contributed by atoms with Crippen molar-refractivity contribution in [3.05, 3.63) is 29.3 Å². The van der Waals surface area contributed by atoms with Gasteiger partial charge in [-0.1, -0.05) is 22.0 Å². The van der Waals surface area contributed by atoms with Crippen molar-refractivity contribution in [2.24, 2.45) is 0 Å². The van der Waals surface area contributed by atoms with Crippen LogP contribution in [0.15, 0.2) is 18.2 Å². The first-order valence-electron chi connectivity index (χ1n) is 6.65. The average Bonchev–Trinajstić information content (AvgIpc) is 2.35. The van der Waals surface area contributed by atoms with Crippen molar-refractivity contribution < 1.29 is 0 Å². The smallest absolute Gasteiger partial charge is 0.0370 e. The molecule has 1 fully saturated rings. The van der Waals surface area contributed by atoms with Crippen LogP contribution in [0.5, 0.6) is 0 Å². The number of likely N-dealkylation sites (N-methyl/N-ethyl adjacent to an activating group) is 1. The number of alkyl halides is 1. The first kappa shape index (κ1) is 13.9. The maximum absolute atomic E-state index is 3.54. The third-order valence-electron chi connectivity index (χ3n) is 4.20. The molecule has 2 unspecified atom stereocenters. The van der Waals surface area contributed by atoms with Crippen LogP contribution in [0.25, 0.3) is 0 Å². The molecule has 2 nitrogen and oxygen atoms in total. The summed E-state index contributed by atoms with van der Waals surface area (Å²) in [5.41, 5.74) is 4.13. The van der Waals surface area contributed by atoms with E-state index < -0.39 is 0 Å². The summed E-state index contributed by atoms with van der Waals surface area (Å²) in [5.74, 6) is 0. The molecule has 0 N–H and O–H groups in total. The molecule has 18 heavy (non-hydrogen) atoms. The van der Waals surface area contributed by atoms with Crippen LogP contribution in [0.3, 0.4) is 0 Å². The number of hydrogen-bond donors (Lipinski definition) is 0. The van der Waals surface area contributed by atoms with E-state index in [0.717, 1.165) is 18.4 Å². The number of piperazine rings is 1. The van der Waals surface area contributed by atoms with E-state index in [-0.39, 0.29) is 0 Å². The Kier molecular flexibility index (Phi) is 4.33. The molecule has 2 atom stereocenters. The van der Waals surface area contributed by atoms with Gasteiger partial charge >= 0.3 is 0 Å². The molecule has 1 aromatic carbocycles. The van der Waals surface area contributed by atoms with Crippen molar-refractivity contribution >= 4 is 21.6 Å².